The van der Waals surface area contributed by atoms with Crippen molar-refractivity contribution in [3.8, 4) is 23.0 Å². The van der Waals surface area contributed by atoms with Gasteiger partial charge in [-0.05, 0) is 49.9 Å². The fourth-order valence-electron chi connectivity index (χ4n) is 4.45. The number of phenolic OH excluding ortho intramolecular Hbond substituents is 1. The number of aromatic hydroxyl groups is 1. The van der Waals surface area contributed by atoms with Crippen LogP contribution in [0.25, 0.3) is 0 Å². The van der Waals surface area contributed by atoms with Crippen LogP contribution in [-0.2, 0) is 11.2 Å². The van der Waals surface area contributed by atoms with E-state index in [9.17, 15) is 9.90 Å². The summed E-state index contributed by atoms with van der Waals surface area (Å²) in [6.07, 6.45) is 12.8. The highest BCUT2D eigenvalue weighted by Crippen LogP contribution is 2.40. The molecule has 3 rings (SSSR count). The highest BCUT2D eigenvalue weighted by molar-refractivity contribution is 5.72. The fourth-order valence-corrected chi connectivity index (χ4v) is 4.45. The molecule has 0 bridgehead atoms. The van der Waals surface area contributed by atoms with Crippen molar-refractivity contribution < 1.29 is 24.1 Å². The zero-order chi connectivity index (χ0) is 24.2. The molecule has 34 heavy (non-hydrogen) atoms. The molecule has 0 amide bonds. The molecule has 1 aliphatic rings. The number of benzene rings is 2. The van der Waals surface area contributed by atoms with E-state index in [0.29, 0.717) is 30.3 Å². The van der Waals surface area contributed by atoms with Gasteiger partial charge in [-0.2, -0.15) is 0 Å². The number of fused-ring (bicyclic) bond motifs is 1. The van der Waals surface area contributed by atoms with Gasteiger partial charge in [-0.1, -0.05) is 64.4 Å². The lowest BCUT2D eigenvalue weighted by Gasteiger charge is -2.27. The Morgan fingerprint density at radius 1 is 0.941 bits per heavy atom. The first-order chi connectivity index (χ1) is 16.6. The van der Waals surface area contributed by atoms with Crippen LogP contribution in [0.5, 0.6) is 23.0 Å². The molecule has 5 nitrogen and oxygen atoms in total. The summed E-state index contributed by atoms with van der Waals surface area (Å²) in [6.45, 7) is 4.70. The Hall–Kier alpha value is -2.69. The standard InChI is InChI=1S/C29H40O5/c1-3-5-6-7-8-9-10-11-12-13-29(31)33-24-16-14-22-15-19-27(34-28(22)21-24)25-18-17-23(32-4-2)20-26(25)30/h14,16-18,20-21,27,30H,3-13,15,19H2,1-2H3. The van der Waals surface area contributed by atoms with Crippen molar-refractivity contribution in [2.24, 2.45) is 0 Å². The second-order valence-electron chi connectivity index (χ2n) is 9.12. The van der Waals surface area contributed by atoms with Gasteiger partial charge < -0.3 is 19.3 Å². The summed E-state index contributed by atoms with van der Waals surface area (Å²) in [7, 11) is 0. The first-order valence-electron chi connectivity index (χ1n) is 13.1. The summed E-state index contributed by atoms with van der Waals surface area (Å²) in [6, 6.07) is 10.9. The molecule has 2 aromatic rings. The average molecular weight is 469 g/mol. The molecule has 0 saturated heterocycles. The van der Waals surface area contributed by atoms with Crippen molar-refractivity contribution in [1.29, 1.82) is 0 Å². The lowest BCUT2D eigenvalue weighted by Crippen LogP contribution is -2.16. The van der Waals surface area contributed by atoms with Gasteiger partial charge in [-0.25, -0.2) is 0 Å². The van der Waals surface area contributed by atoms with Crippen LogP contribution in [0.2, 0.25) is 0 Å². The Bertz CT molecular complexity index is 907. The van der Waals surface area contributed by atoms with Crippen LogP contribution in [0, 0.1) is 0 Å². The molecule has 0 radical (unpaired) electrons. The van der Waals surface area contributed by atoms with Gasteiger partial charge in [0.15, 0.2) is 0 Å². The number of carbonyl (C=O) groups is 1. The minimum Gasteiger partial charge on any atom is -0.507 e. The number of rotatable bonds is 14. The molecule has 0 fully saturated rings. The molecular formula is C29H40O5. The minimum absolute atomic E-state index is 0.169. The van der Waals surface area contributed by atoms with Crippen LogP contribution in [0.1, 0.15) is 102 Å². The molecule has 1 N–H and O–H groups in total. The Kier molecular flexibility index (Phi) is 10.6. The molecule has 2 aromatic carbocycles. The van der Waals surface area contributed by atoms with E-state index < -0.39 is 0 Å². The second-order valence-corrected chi connectivity index (χ2v) is 9.12. The van der Waals surface area contributed by atoms with Gasteiger partial charge >= 0.3 is 5.97 Å². The quantitative estimate of drug-likeness (QED) is 0.175. The van der Waals surface area contributed by atoms with Gasteiger partial charge in [0.05, 0.1) is 6.61 Å². The Labute approximate surface area is 204 Å². The van der Waals surface area contributed by atoms with Gasteiger partial charge in [-0.3, -0.25) is 4.79 Å². The summed E-state index contributed by atoms with van der Waals surface area (Å²) < 4.78 is 17.2. The predicted octanol–water partition coefficient (Wildman–Crippen LogP) is 7.68. The summed E-state index contributed by atoms with van der Waals surface area (Å²) in [4.78, 5) is 12.3. The largest absolute Gasteiger partial charge is 0.507 e. The Morgan fingerprint density at radius 3 is 2.35 bits per heavy atom. The SMILES string of the molecule is CCCCCCCCCCCC(=O)Oc1ccc2c(c1)OC(c1ccc(OCC)cc1O)CC2. The van der Waals surface area contributed by atoms with E-state index in [2.05, 4.69) is 6.92 Å². The van der Waals surface area contributed by atoms with Crippen molar-refractivity contribution in [2.75, 3.05) is 6.61 Å². The lowest BCUT2D eigenvalue weighted by atomic mass is 9.96. The average Bonchev–Trinajstić information content (AvgIpc) is 2.83. The maximum Gasteiger partial charge on any atom is 0.311 e. The fraction of sp³-hybridized carbons (Fsp3) is 0.552. The maximum atomic E-state index is 12.3. The van der Waals surface area contributed by atoms with E-state index in [1.807, 2.05) is 31.2 Å². The van der Waals surface area contributed by atoms with Gasteiger partial charge in [-0.15, -0.1) is 0 Å². The van der Waals surface area contributed by atoms with Gasteiger partial charge in [0.1, 0.15) is 29.1 Å². The number of hydrogen-bond acceptors (Lipinski definition) is 5. The third kappa shape index (κ3) is 7.96. The van der Waals surface area contributed by atoms with Crippen LogP contribution in [-0.4, -0.2) is 17.7 Å². The van der Waals surface area contributed by atoms with E-state index in [1.165, 1.54) is 44.9 Å². The number of carbonyl (C=O) groups excluding carboxylic acids is 1. The van der Waals surface area contributed by atoms with Gasteiger partial charge in [0, 0.05) is 24.1 Å². The van der Waals surface area contributed by atoms with Crippen LogP contribution in [0.15, 0.2) is 36.4 Å². The summed E-state index contributed by atoms with van der Waals surface area (Å²) in [5, 5.41) is 10.4. The number of hydrogen-bond donors (Lipinski definition) is 1. The first-order valence-corrected chi connectivity index (χ1v) is 13.1. The topological polar surface area (TPSA) is 65.0 Å². The van der Waals surface area contributed by atoms with Crippen molar-refractivity contribution in [2.45, 2.75) is 97.0 Å². The molecule has 5 heteroatoms. The molecule has 0 aliphatic carbocycles. The van der Waals surface area contributed by atoms with E-state index in [-0.39, 0.29) is 17.8 Å². The minimum atomic E-state index is -0.254. The van der Waals surface area contributed by atoms with Crippen molar-refractivity contribution in [3.63, 3.8) is 0 Å². The number of esters is 1. The van der Waals surface area contributed by atoms with Crippen molar-refractivity contribution >= 4 is 5.97 Å². The molecule has 186 valence electrons. The van der Waals surface area contributed by atoms with E-state index in [0.717, 1.165) is 36.8 Å². The monoisotopic (exact) mass is 468 g/mol. The lowest BCUT2D eigenvalue weighted by molar-refractivity contribution is -0.134. The molecule has 1 aliphatic heterocycles. The number of aryl methyl sites for hydroxylation is 1. The summed E-state index contributed by atoms with van der Waals surface area (Å²) in [5.74, 6) is 1.83. The van der Waals surface area contributed by atoms with Crippen molar-refractivity contribution in [3.05, 3.63) is 47.5 Å². The smallest absolute Gasteiger partial charge is 0.311 e. The molecular weight excluding hydrogens is 428 g/mol. The number of phenols is 1. The zero-order valence-electron chi connectivity index (χ0n) is 20.8. The summed E-state index contributed by atoms with van der Waals surface area (Å²) >= 11 is 0. The van der Waals surface area contributed by atoms with Crippen LogP contribution in [0.3, 0.4) is 0 Å². The van der Waals surface area contributed by atoms with Crippen LogP contribution in [0.4, 0.5) is 0 Å². The predicted molar refractivity (Wildman–Crippen MR) is 135 cm³/mol. The van der Waals surface area contributed by atoms with E-state index in [4.69, 9.17) is 14.2 Å². The summed E-state index contributed by atoms with van der Waals surface area (Å²) in [5.41, 5.74) is 1.82. The molecule has 0 aromatic heterocycles. The normalized spacial score (nSPS) is 14.8. The Morgan fingerprint density at radius 2 is 1.65 bits per heavy atom. The van der Waals surface area contributed by atoms with E-state index >= 15 is 0 Å². The second kappa shape index (κ2) is 13.9. The molecule has 1 atom stereocenters. The van der Waals surface area contributed by atoms with Gasteiger partial charge in [0.25, 0.3) is 0 Å². The maximum absolute atomic E-state index is 12.3. The van der Waals surface area contributed by atoms with Gasteiger partial charge in [0.2, 0.25) is 0 Å². The first kappa shape index (κ1) is 25.9. The highest BCUT2D eigenvalue weighted by atomic mass is 16.5. The number of ether oxygens (including phenoxy) is 3. The molecule has 1 unspecified atom stereocenters. The van der Waals surface area contributed by atoms with Crippen LogP contribution < -0.4 is 14.2 Å². The third-order valence-corrected chi connectivity index (χ3v) is 6.36. The highest BCUT2D eigenvalue weighted by Gasteiger charge is 2.24. The molecule has 0 spiro atoms. The van der Waals surface area contributed by atoms with Crippen molar-refractivity contribution in [1.82, 2.24) is 0 Å². The van der Waals surface area contributed by atoms with Crippen LogP contribution >= 0.6 is 0 Å². The number of unbranched alkanes of at least 4 members (excludes halogenated alkanes) is 8. The Balaban J connectivity index is 1.45. The zero-order valence-corrected chi connectivity index (χ0v) is 20.8. The third-order valence-electron chi connectivity index (χ3n) is 6.36. The van der Waals surface area contributed by atoms with E-state index in [1.54, 1.807) is 12.1 Å². The molecule has 1 heterocycles. The molecule has 0 saturated carbocycles.